The molecule has 4 unspecified atom stereocenters. The molecule has 2 aliphatic carbocycles. The second-order valence-electron chi connectivity index (χ2n) is 3.98. The maximum atomic E-state index is 5.37. The molecular weight excluding hydrogens is 164 g/mol. The Morgan fingerprint density at radius 1 is 1.54 bits per heavy atom. The van der Waals surface area contributed by atoms with Gasteiger partial charge >= 0.3 is 0 Å². The van der Waals surface area contributed by atoms with E-state index >= 15 is 0 Å². The SMILES string of the molecule is CCOC1=NC2C3C=CC(C3)C2N1. The van der Waals surface area contributed by atoms with Crippen LogP contribution in [0, 0.1) is 11.8 Å². The van der Waals surface area contributed by atoms with E-state index in [0.717, 1.165) is 6.02 Å². The van der Waals surface area contributed by atoms with Gasteiger partial charge in [-0.3, -0.25) is 0 Å². The van der Waals surface area contributed by atoms with Gasteiger partial charge in [0, 0.05) is 5.92 Å². The first-order chi connectivity index (χ1) is 6.38. The molecule has 1 saturated carbocycles. The Bertz CT molecular complexity index is 285. The number of hydrogen-bond donors (Lipinski definition) is 1. The molecule has 1 aliphatic heterocycles. The number of rotatable bonds is 1. The third-order valence-electron chi connectivity index (χ3n) is 3.26. The molecule has 0 aromatic heterocycles. The summed E-state index contributed by atoms with van der Waals surface area (Å²) in [5, 5.41) is 3.36. The molecule has 1 heterocycles. The average Bonchev–Trinajstić information content (AvgIpc) is 2.72. The second kappa shape index (κ2) is 2.50. The van der Waals surface area contributed by atoms with Gasteiger partial charge in [-0.1, -0.05) is 12.2 Å². The van der Waals surface area contributed by atoms with Gasteiger partial charge in [0.2, 0.25) is 0 Å². The summed E-state index contributed by atoms with van der Waals surface area (Å²) in [6, 6.07) is 1.74. The highest BCUT2D eigenvalue weighted by molar-refractivity contribution is 5.77. The van der Waals surface area contributed by atoms with Gasteiger partial charge in [0.05, 0.1) is 18.7 Å². The van der Waals surface area contributed by atoms with Gasteiger partial charge in [0.25, 0.3) is 6.02 Å². The lowest BCUT2D eigenvalue weighted by Gasteiger charge is -2.18. The van der Waals surface area contributed by atoms with Crippen molar-refractivity contribution in [2.24, 2.45) is 16.8 Å². The van der Waals surface area contributed by atoms with Crippen LogP contribution >= 0.6 is 0 Å². The van der Waals surface area contributed by atoms with Crippen molar-refractivity contribution in [3.63, 3.8) is 0 Å². The van der Waals surface area contributed by atoms with Crippen molar-refractivity contribution in [1.29, 1.82) is 0 Å². The summed E-state index contributed by atoms with van der Waals surface area (Å²) in [6.07, 6.45) is 5.92. The predicted molar refractivity (Wildman–Crippen MR) is 50.5 cm³/mol. The number of amidine groups is 1. The summed E-state index contributed by atoms with van der Waals surface area (Å²) in [6.45, 7) is 2.69. The second-order valence-corrected chi connectivity index (χ2v) is 3.98. The monoisotopic (exact) mass is 178 g/mol. The van der Waals surface area contributed by atoms with Gasteiger partial charge < -0.3 is 10.1 Å². The van der Waals surface area contributed by atoms with Crippen molar-refractivity contribution in [2.45, 2.75) is 25.4 Å². The first-order valence-electron chi connectivity index (χ1n) is 5.04. The Balaban J connectivity index is 1.80. The topological polar surface area (TPSA) is 33.6 Å². The lowest BCUT2D eigenvalue weighted by molar-refractivity contribution is 0.309. The molecule has 70 valence electrons. The van der Waals surface area contributed by atoms with Gasteiger partial charge in [-0.25, -0.2) is 4.99 Å². The minimum Gasteiger partial charge on any atom is -0.466 e. The quantitative estimate of drug-likeness (QED) is 0.606. The van der Waals surface area contributed by atoms with Crippen LogP contribution in [0.25, 0.3) is 0 Å². The van der Waals surface area contributed by atoms with Gasteiger partial charge in [-0.15, -0.1) is 0 Å². The van der Waals surface area contributed by atoms with E-state index in [0.29, 0.717) is 30.5 Å². The van der Waals surface area contributed by atoms with Crippen molar-refractivity contribution in [3.05, 3.63) is 12.2 Å². The summed E-state index contributed by atoms with van der Waals surface area (Å²) in [5.74, 6) is 1.36. The van der Waals surface area contributed by atoms with E-state index in [-0.39, 0.29) is 0 Å². The van der Waals surface area contributed by atoms with E-state index < -0.39 is 0 Å². The number of fused-ring (bicyclic) bond motifs is 5. The lowest BCUT2D eigenvalue weighted by atomic mass is 9.98. The molecule has 0 saturated heterocycles. The third kappa shape index (κ3) is 0.929. The first kappa shape index (κ1) is 7.42. The molecule has 13 heavy (non-hydrogen) atoms. The molecule has 0 spiro atoms. The number of nitrogens with one attached hydrogen (secondary N) is 1. The Kier molecular flexibility index (Phi) is 1.43. The van der Waals surface area contributed by atoms with Crippen LogP contribution in [0.1, 0.15) is 13.3 Å². The highest BCUT2D eigenvalue weighted by atomic mass is 16.5. The van der Waals surface area contributed by atoms with Gasteiger partial charge in [-0.2, -0.15) is 0 Å². The number of aliphatic imine (C=N–C) groups is 1. The fourth-order valence-electron chi connectivity index (χ4n) is 2.70. The molecule has 2 bridgehead atoms. The van der Waals surface area contributed by atoms with Crippen molar-refractivity contribution < 1.29 is 4.74 Å². The first-order valence-corrected chi connectivity index (χ1v) is 5.04. The molecule has 0 aromatic rings. The molecule has 1 fully saturated rings. The largest absolute Gasteiger partial charge is 0.466 e. The Hall–Kier alpha value is -0.990. The van der Waals surface area contributed by atoms with Crippen LogP contribution in [-0.4, -0.2) is 24.7 Å². The van der Waals surface area contributed by atoms with Crippen LogP contribution in [0.15, 0.2) is 17.1 Å². The van der Waals surface area contributed by atoms with E-state index in [1.165, 1.54) is 6.42 Å². The maximum Gasteiger partial charge on any atom is 0.285 e. The Morgan fingerprint density at radius 2 is 2.38 bits per heavy atom. The summed E-state index contributed by atoms with van der Waals surface area (Å²) in [4.78, 5) is 4.55. The van der Waals surface area contributed by atoms with E-state index in [1.54, 1.807) is 0 Å². The molecule has 3 heteroatoms. The summed E-state index contributed by atoms with van der Waals surface area (Å²) < 4.78 is 5.37. The minimum atomic E-state index is 0.455. The summed E-state index contributed by atoms with van der Waals surface area (Å²) >= 11 is 0. The number of nitrogens with zero attached hydrogens (tertiary/aromatic N) is 1. The van der Waals surface area contributed by atoms with Crippen molar-refractivity contribution in [2.75, 3.05) is 6.61 Å². The minimum absolute atomic E-state index is 0.455. The molecule has 0 aromatic carbocycles. The van der Waals surface area contributed by atoms with E-state index in [9.17, 15) is 0 Å². The molecule has 1 N–H and O–H groups in total. The predicted octanol–water partition coefficient (Wildman–Crippen LogP) is 0.925. The van der Waals surface area contributed by atoms with Crippen LogP contribution in [0.4, 0.5) is 0 Å². The van der Waals surface area contributed by atoms with Crippen LogP contribution in [0.5, 0.6) is 0 Å². The average molecular weight is 178 g/mol. The van der Waals surface area contributed by atoms with Gasteiger partial charge in [0.15, 0.2) is 0 Å². The molecule has 0 amide bonds. The Morgan fingerprint density at radius 3 is 3.15 bits per heavy atom. The number of hydrogen-bond acceptors (Lipinski definition) is 3. The lowest BCUT2D eigenvalue weighted by Crippen LogP contribution is -2.38. The molecule has 4 atom stereocenters. The van der Waals surface area contributed by atoms with Crippen molar-refractivity contribution in [3.8, 4) is 0 Å². The number of ether oxygens (including phenoxy) is 1. The third-order valence-corrected chi connectivity index (χ3v) is 3.26. The zero-order valence-corrected chi connectivity index (χ0v) is 7.73. The molecule has 3 aliphatic rings. The Labute approximate surface area is 77.9 Å². The highest BCUT2D eigenvalue weighted by Gasteiger charge is 2.48. The maximum absolute atomic E-state index is 5.37. The zero-order valence-electron chi connectivity index (χ0n) is 7.73. The van der Waals surface area contributed by atoms with Crippen molar-refractivity contribution in [1.82, 2.24) is 5.32 Å². The van der Waals surface area contributed by atoms with Crippen LogP contribution in [0.3, 0.4) is 0 Å². The molecule has 3 rings (SSSR count). The molecule has 0 radical (unpaired) electrons. The molecular formula is C10H14N2O. The fourth-order valence-corrected chi connectivity index (χ4v) is 2.70. The standard InChI is InChI=1S/C10H14N2O/c1-2-13-10-11-8-6-3-4-7(5-6)9(8)12-10/h3-4,6-9H,2,5H2,1H3,(H,11,12). The smallest absolute Gasteiger partial charge is 0.285 e. The van der Waals surface area contributed by atoms with Gasteiger partial charge in [0.1, 0.15) is 0 Å². The van der Waals surface area contributed by atoms with E-state index in [4.69, 9.17) is 4.74 Å². The zero-order chi connectivity index (χ0) is 8.84. The summed E-state index contributed by atoms with van der Waals surface area (Å²) in [7, 11) is 0. The highest BCUT2D eigenvalue weighted by Crippen LogP contribution is 2.42. The van der Waals surface area contributed by atoms with Crippen LogP contribution in [0.2, 0.25) is 0 Å². The normalized spacial score (nSPS) is 44.5. The van der Waals surface area contributed by atoms with Crippen molar-refractivity contribution >= 4 is 6.02 Å². The fraction of sp³-hybridized carbons (Fsp3) is 0.700. The van der Waals surface area contributed by atoms with Crippen LogP contribution < -0.4 is 5.32 Å². The van der Waals surface area contributed by atoms with Crippen LogP contribution in [-0.2, 0) is 4.74 Å². The van der Waals surface area contributed by atoms with E-state index in [2.05, 4.69) is 22.5 Å². The van der Waals surface area contributed by atoms with Gasteiger partial charge in [-0.05, 0) is 19.3 Å². The molecule has 3 nitrogen and oxygen atoms in total. The van der Waals surface area contributed by atoms with E-state index in [1.807, 2.05) is 6.92 Å². The summed E-state index contributed by atoms with van der Waals surface area (Å²) in [5.41, 5.74) is 0.